The molecule has 1 aromatic rings. The van der Waals surface area contributed by atoms with Gasteiger partial charge in [-0.15, -0.1) is 0 Å². The number of benzene rings is 1. The van der Waals surface area contributed by atoms with Crippen molar-refractivity contribution in [3.63, 3.8) is 0 Å². The Kier molecular flexibility index (Phi) is 8.05. The fourth-order valence-electron chi connectivity index (χ4n) is 2.82. The van der Waals surface area contributed by atoms with Crippen molar-refractivity contribution in [2.45, 2.75) is 38.8 Å². The Labute approximate surface area is 155 Å². The molecular formula is C19H30N4O3. The van der Waals surface area contributed by atoms with Crippen molar-refractivity contribution in [2.24, 2.45) is 4.99 Å². The first kappa shape index (κ1) is 19.9. The van der Waals surface area contributed by atoms with Gasteiger partial charge in [0.2, 0.25) is 0 Å². The first-order chi connectivity index (χ1) is 12.6. The van der Waals surface area contributed by atoms with Crippen LogP contribution in [0.5, 0.6) is 5.75 Å². The zero-order valence-electron chi connectivity index (χ0n) is 15.9. The first-order valence-corrected chi connectivity index (χ1v) is 9.23. The monoisotopic (exact) mass is 362 g/mol. The standard InChI is InChI=1S/C19H30N4O3/c1-4-25-19(24)23-12-10-16(11-13-23)22-18(20-3)21-14-15(2)26-17-8-6-5-7-9-17/h5-9,15-16H,4,10-14H2,1-3H3,(H2,20,21,22). The molecule has 1 unspecified atom stereocenters. The lowest BCUT2D eigenvalue weighted by Gasteiger charge is -2.32. The van der Waals surface area contributed by atoms with E-state index >= 15 is 0 Å². The van der Waals surface area contributed by atoms with Crippen molar-refractivity contribution < 1.29 is 14.3 Å². The summed E-state index contributed by atoms with van der Waals surface area (Å²) in [7, 11) is 1.76. The van der Waals surface area contributed by atoms with E-state index in [1.54, 1.807) is 11.9 Å². The predicted molar refractivity (Wildman–Crippen MR) is 103 cm³/mol. The molecule has 2 rings (SSSR count). The van der Waals surface area contributed by atoms with Crippen LogP contribution < -0.4 is 15.4 Å². The molecule has 0 spiro atoms. The number of ether oxygens (including phenoxy) is 2. The van der Waals surface area contributed by atoms with Crippen LogP contribution >= 0.6 is 0 Å². The Morgan fingerprint density at radius 1 is 1.31 bits per heavy atom. The molecular weight excluding hydrogens is 332 g/mol. The Hall–Kier alpha value is -2.44. The minimum Gasteiger partial charge on any atom is -0.489 e. The number of nitrogens with zero attached hydrogens (tertiary/aromatic N) is 2. The van der Waals surface area contributed by atoms with Crippen molar-refractivity contribution in [3.05, 3.63) is 30.3 Å². The summed E-state index contributed by atoms with van der Waals surface area (Å²) in [6.45, 7) is 6.30. The number of likely N-dealkylation sites (tertiary alicyclic amines) is 1. The molecule has 144 valence electrons. The molecule has 0 aromatic heterocycles. The second kappa shape index (κ2) is 10.5. The molecule has 1 aliphatic heterocycles. The van der Waals surface area contributed by atoms with E-state index in [0.717, 1.165) is 24.6 Å². The topological polar surface area (TPSA) is 75.2 Å². The lowest BCUT2D eigenvalue weighted by Crippen LogP contribution is -2.50. The van der Waals surface area contributed by atoms with Crippen molar-refractivity contribution in [1.82, 2.24) is 15.5 Å². The fourth-order valence-corrected chi connectivity index (χ4v) is 2.82. The van der Waals surface area contributed by atoms with Gasteiger partial charge < -0.3 is 25.0 Å². The van der Waals surface area contributed by atoms with Gasteiger partial charge >= 0.3 is 6.09 Å². The highest BCUT2D eigenvalue weighted by Gasteiger charge is 2.24. The van der Waals surface area contributed by atoms with Crippen LogP contribution in [-0.4, -0.2) is 62.4 Å². The van der Waals surface area contributed by atoms with E-state index in [2.05, 4.69) is 15.6 Å². The largest absolute Gasteiger partial charge is 0.489 e. The average Bonchev–Trinajstić information content (AvgIpc) is 2.66. The van der Waals surface area contributed by atoms with Gasteiger partial charge in [-0.3, -0.25) is 4.99 Å². The van der Waals surface area contributed by atoms with Gasteiger partial charge in [0.05, 0.1) is 13.2 Å². The summed E-state index contributed by atoms with van der Waals surface area (Å²) < 4.78 is 10.9. The van der Waals surface area contributed by atoms with Crippen LogP contribution in [0.1, 0.15) is 26.7 Å². The number of amides is 1. The van der Waals surface area contributed by atoms with Crippen LogP contribution in [-0.2, 0) is 4.74 Å². The van der Waals surface area contributed by atoms with E-state index < -0.39 is 0 Å². The van der Waals surface area contributed by atoms with E-state index in [-0.39, 0.29) is 18.2 Å². The SMILES string of the molecule is CCOC(=O)N1CCC(NC(=NC)NCC(C)Oc2ccccc2)CC1. The fraction of sp³-hybridized carbons (Fsp3) is 0.579. The number of hydrogen-bond donors (Lipinski definition) is 2. The zero-order valence-corrected chi connectivity index (χ0v) is 15.9. The minimum atomic E-state index is -0.222. The normalized spacial score (nSPS) is 16.7. The highest BCUT2D eigenvalue weighted by Crippen LogP contribution is 2.12. The number of hydrogen-bond acceptors (Lipinski definition) is 4. The Balaban J connectivity index is 1.70. The van der Waals surface area contributed by atoms with Crippen molar-refractivity contribution >= 4 is 12.1 Å². The number of piperidine rings is 1. The van der Waals surface area contributed by atoms with Gasteiger partial charge in [0.1, 0.15) is 11.9 Å². The van der Waals surface area contributed by atoms with Gasteiger partial charge in [0.25, 0.3) is 0 Å². The summed E-state index contributed by atoms with van der Waals surface area (Å²) in [5.74, 6) is 1.61. The number of guanidine groups is 1. The van der Waals surface area contributed by atoms with Gasteiger partial charge in [-0.05, 0) is 38.8 Å². The number of aliphatic imine (C=N–C) groups is 1. The molecule has 7 nitrogen and oxygen atoms in total. The number of rotatable bonds is 6. The molecule has 26 heavy (non-hydrogen) atoms. The third-order valence-corrected chi connectivity index (χ3v) is 4.22. The van der Waals surface area contributed by atoms with Crippen molar-refractivity contribution in [1.29, 1.82) is 0 Å². The van der Waals surface area contributed by atoms with Crippen LogP contribution in [0.3, 0.4) is 0 Å². The van der Waals surface area contributed by atoms with Crippen LogP contribution in [0, 0.1) is 0 Å². The number of carbonyl (C=O) groups is 1. The number of para-hydroxylation sites is 1. The minimum absolute atomic E-state index is 0.0154. The van der Waals surface area contributed by atoms with Gasteiger partial charge in [0.15, 0.2) is 5.96 Å². The maximum atomic E-state index is 11.7. The van der Waals surface area contributed by atoms with E-state index in [4.69, 9.17) is 9.47 Å². The van der Waals surface area contributed by atoms with Crippen LogP contribution in [0.25, 0.3) is 0 Å². The zero-order chi connectivity index (χ0) is 18.8. The smallest absolute Gasteiger partial charge is 0.409 e. The quantitative estimate of drug-likeness (QED) is 0.600. The maximum absolute atomic E-state index is 11.7. The molecule has 0 bridgehead atoms. The molecule has 0 aliphatic carbocycles. The molecule has 1 heterocycles. The van der Waals surface area contributed by atoms with Gasteiger partial charge in [-0.25, -0.2) is 4.79 Å². The molecule has 0 radical (unpaired) electrons. The number of nitrogens with one attached hydrogen (secondary N) is 2. The van der Waals surface area contributed by atoms with Gasteiger partial charge in [-0.1, -0.05) is 18.2 Å². The molecule has 0 saturated carbocycles. The predicted octanol–water partition coefficient (Wildman–Crippen LogP) is 2.24. The summed E-state index contributed by atoms with van der Waals surface area (Å²) >= 11 is 0. The molecule has 1 saturated heterocycles. The Bertz CT molecular complexity index is 571. The summed E-state index contributed by atoms with van der Waals surface area (Å²) in [6, 6.07) is 10.1. The van der Waals surface area contributed by atoms with E-state index in [1.165, 1.54) is 0 Å². The maximum Gasteiger partial charge on any atom is 0.409 e. The highest BCUT2D eigenvalue weighted by atomic mass is 16.6. The summed E-state index contributed by atoms with van der Waals surface area (Å²) in [6.07, 6.45) is 1.53. The third-order valence-electron chi connectivity index (χ3n) is 4.22. The highest BCUT2D eigenvalue weighted by molar-refractivity contribution is 5.80. The second-order valence-corrected chi connectivity index (χ2v) is 6.30. The molecule has 1 amide bonds. The lowest BCUT2D eigenvalue weighted by atomic mass is 10.1. The van der Waals surface area contributed by atoms with Crippen molar-refractivity contribution in [3.8, 4) is 5.75 Å². The Morgan fingerprint density at radius 2 is 2.00 bits per heavy atom. The van der Waals surface area contributed by atoms with E-state index in [1.807, 2.05) is 44.2 Å². The molecule has 1 aromatic carbocycles. The molecule has 1 aliphatic rings. The summed E-state index contributed by atoms with van der Waals surface area (Å²) in [5.41, 5.74) is 0. The summed E-state index contributed by atoms with van der Waals surface area (Å²) in [5, 5.41) is 6.72. The lowest BCUT2D eigenvalue weighted by molar-refractivity contribution is 0.0963. The number of carbonyl (C=O) groups excluding carboxylic acids is 1. The first-order valence-electron chi connectivity index (χ1n) is 9.23. The van der Waals surface area contributed by atoms with Gasteiger partial charge in [0, 0.05) is 26.2 Å². The molecule has 7 heteroatoms. The third kappa shape index (κ3) is 6.46. The average molecular weight is 362 g/mol. The van der Waals surface area contributed by atoms with Crippen LogP contribution in [0.4, 0.5) is 4.79 Å². The molecule has 1 atom stereocenters. The van der Waals surface area contributed by atoms with Crippen LogP contribution in [0.15, 0.2) is 35.3 Å². The van der Waals surface area contributed by atoms with Crippen LogP contribution in [0.2, 0.25) is 0 Å². The Morgan fingerprint density at radius 3 is 2.62 bits per heavy atom. The molecule has 1 fully saturated rings. The summed E-state index contributed by atoms with van der Waals surface area (Å²) in [4.78, 5) is 17.8. The van der Waals surface area contributed by atoms with E-state index in [0.29, 0.717) is 26.2 Å². The van der Waals surface area contributed by atoms with Gasteiger partial charge in [-0.2, -0.15) is 0 Å². The van der Waals surface area contributed by atoms with E-state index in [9.17, 15) is 4.79 Å². The van der Waals surface area contributed by atoms with Crippen molar-refractivity contribution in [2.75, 3.05) is 33.3 Å². The molecule has 2 N–H and O–H groups in total. The second-order valence-electron chi connectivity index (χ2n) is 6.30.